The van der Waals surface area contributed by atoms with Crippen molar-refractivity contribution in [1.29, 1.82) is 0 Å². The van der Waals surface area contributed by atoms with E-state index >= 15 is 0 Å². The van der Waals surface area contributed by atoms with E-state index in [2.05, 4.69) is 0 Å². The van der Waals surface area contributed by atoms with Crippen molar-refractivity contribution in [3.63, 3.8) is 0 Å². The number of aliphatic hydroxyl groups excluding tert-OH is 2. The molecule has 0 aromatic carbocycles. The molecule has 0 heterocycles. The molecule has 0 bridgehead atoms. The van der Waals surface area contributed by atoms with Crippen LogP contribution in [0.5, 0.6) is 0 Å². The van der Waals surface area contributed by atoms with Gasteiger partial charge in [-0.1, -0.05) is 0 Å². The van der Waals surface area contributed by atoms with Crippen molar-refractivity contribution >= 4 is 12.2 Å². The number of hydrogen-bond acceptors (Lipinski definition) is 4. The minimum Gasteiger partial charge on any atom is -0.376 e. The third-order valence-electron chi connectivity index (χ3n) is 0.952. The highest BCUT2D eigenvalue weighted by Gasteiger charge is 2.08. The Hall–Kier alpha value is -0.940. The van der Waals surface area contributed by atoms with Crippen molar-refractivity contribution in [3.8, 4) is 0 Å². The maximum absolute atomic E-state index is 10.6. The fraction of sp³-hybridized carbons (Fsp3) is 0.600. The topological polar surface area (TPSA) is 77.8 Å². The number of amides is 1. The van der Waals surface area contributed by atoms with Crippen molar-refractivity contribution in [3.05, 3.63) is 0 Å². The summed E-state index contributed by atoms with van der Waals surface area (Å²) in [6.07, 6.45) is 0.113. The fourth-order valence-electron chi connectivity index (χ4n) is 0.403. The maximum Gasteiger partial charge on any atom is 0.233 e. The number of rotatable bonds is 4. The Labute approximate surface area is 57.9 Å². The molecule has 0 spiro atoms. The number of aliphatic hydroxyl groups is 2. The zero-order chi connectivity index (χ0) is 7.98. The van der Waals surface area contributed by atoms with E-state index in [4.69, 9.17) is 10.2 Å². The Morgan fingerprint density at radius 1 is 1.40 bits per heavy atom. The Balaban J connectivity index is 3.76. The van der Waals surface area contributed by atoms with Gasteiger partial charge in [-0.15, -0.1) is 0 Å². The van der Waals surface area contributed by atoms with Crippen molar-refractivity contribution in [2.45, 2.75) is 6.42 Å². The molecule has 0 aliphatic carbocycles. The number of carbonyl (C=O) groups is 2. The first-order valence-electron chi connectivity index (χ1n) is 2.69. The molecule has 1 amide bonds. The molecule has 0 saturated heterocycles. The van der Waals surface area contributed by atoms with E-state index in [9.17, 15) is 9.59 Å². The molecule has 0 aromatic rings. The average molecular weight is 147 g/mol. The lowest BCUT2D eigenvalue weighted by molar-refractivity contribution is -0.140. The van der Waals surface area contributed by atoms with Crippen LogP contribution in [0.15, 0.2) is 0 Å². The van der Waals surface area contributed by atoms with E-state index in [0.29, 0.717) is 6.29 Å². The lowest BCUT2D eigenvalue weighted by atomic mass is 10.4. The first-order chi connectivity index (χ1) is 4.76. The molecule has 0 saturated carbocycles. The molecule has 2 N–H and O–H groups in total. The summed E-state index contributed by atoms with van der Waals surface area (Å²) in [5, 5.41) is 16.7. The van der Waals surface area contributed by atoms with Gasteiger partial charge in [0.05, 0.1) is 6.42 Å². The van der Waals surface area contributed by atoms with Gasteiger partial charge in [-0.2, -0.15) is 0 Å². The Morgan fingerprint density at radius 3 is 2.20 bits per heavy atom. The zero-order valence-corrected chi connectivity index (χ0v) is 5.36. The Morgan fingerprint density at radius 2 is 1.90 bits per heavy atom. The van der Waals surface area contributed by atoms with Gasteiger partial charge in [-0.25, -0.2) is 0 Å². The predicted molar refractivity (Wildman–Crippen MR) is 31.7 cm³/mol. The summed E-state index contributed by atoms with van der Waals surface area (Å²) in [7, 11) is 0. The summed E-state index contributed by atoms with van der Waals surface area (Å²) in [5.74, 6) is -0.583. The highest BCUT2D eigenvalue weighted by molar-refractivity contribution is 5.87. The minimum atomic E-state index is -0.583. The van der Waals surface area contributed by atoms with Crippen LogP contribution in [0.3, 0.4) is 0 Å². The molecule has 0 unspecified atom stereocenters. The summed E-state index contributed by atoms with van der Waals surface area (Å²) in [4.78, 5) is 21.1. The number of aldehydes is 1. The number of nitrogens with zero attached hydrogens (tertiary/aromatic N) is 1. The molecule has 0 rings (SSSR count). The van der Waals surface area contributed by atoms with E-state index in [-0.39, 0.29) is 6.42 Å². The van der Waals surface area contributed by atoms with E-state index in [1.54, 1.807) is 0 Å². The molecule has 0 aromatic heterocycles. The van der Waals surface area contributed by atoms with Crippen LogP contribution < -0.4 is 0 Å². The second-order valence-corrected chi connectivity index (χ2v) is 1.59. The monoisotopic (exact) mass is 147 g/mol. The van der Waals surface area contributed by atoms with Gasteiger partial charge in [0, 0.05) is 0 Å². The third kappa shape index (κ3) is 2.56. The SMILES string of the molecule is O=CCC(=O)N(CO)CO. The normalized spacial score (nSPS) is 9.00. The molecule has 58 valence electrons. The lowest BCUT2D eigenvalue weighted by Gasteiger charge is -2.14. The molecule has 0 aliphatic heterocycles. The van der Waals surface area contributed by atoms with Gasteiger partial charge in [0.2, 0.25) is 5.91 Å². The quantitative estimate of drug-likeness (QED) is 0.282. The van der Waals surface area contributed by atoms with Crippen LogP contribution in [0.25, 0.3) is 0 Å². The smallest absolute Gasteiger partial charge is 0.233 e. The molecular weight excluding hydrogens is 138 g/mol. The fourth-order valence-corrected chi connectivity index (χ4v) is 0.403. The van der Waals surface area contributed by atoms with Gasteiger partial charge in [0.25, 0.3) is 0 Å². The van der Waals surface area contributed by atoms with E-state index in [1.165, 1.54) is 0 Å². The van der Waals surface area contributed by atoms with Gasteiger partial charge < -0.3 is 15.0 Å². The van der Waals surface area contributed by atoms with Crippen LogP contribution in [0, 0.1) is 0 Å². The Bertz CT molecular complexity index is 121. The highest BCUT2D eigenvalue weighted by Crippen LogP contribution is 1.87. The molecule has 0 fully saturated rings. The number of hydrogen-bond donors (Lipinski definition) is 2. The maximum atomic E-state index is 10.6. The number of carbonyl (C=O) groups excluding carboxylic acids is 2. The molecule has 0 atom stereocenters. The van der Waals surface area contributed by atoms with Crippen LogP contribution in [0.1, 0.15) is 6.42 Å². The zero-order valence-electron chi connectivity index (χ0n) is 5.36. The summed E-state index contributed by atoms with van der Waals surface area (Å²) >= 11 is 0. The molecule has 5 heteroatoms. The van der Waals surface area contributed by atoms with Crippen molar-refractivity contribution in [2.24, 2.45) is 0 Å². The van der Waals surface area contributed by atoms with Crippen LogP contribution in [-0.4, -0.2) is 40.8 Å². The molecule has 10 heavy (non-hydrogen) atoms. The second-order valence-electron chi connectivity index (χ2n) is 1.59. The van der Waals surface area contributed by atoms with Crippen molar-refractivity contribution < 1.29 is 19.8 Å². The van der Waals surface area contributed by atoms with Gasteiger partial charge >= 0.3 is 0 Å². The Kier molecular flexibility index (Phi) is 4.43. The molecule has 0 aliphatic rings. The third-order valence-corrected chi connectivity index (χ3v) is 0.952. The largest absolute Gasteiger partial charge is 0.376 e. The minimum absolute atomic E-state index is 0.304. The summed E-state index contributed by atoms with van der Waals surface area (Å²) in [6, 6.07) is 0. The van der Waals surface area contributed by atoms with Crippen LogP contribution in [0.2, 0.25) is 0 Å². The van der Waals surface area contributed by atoms with Gasteiger partial charge in [-0.05, 0) is 0 Å². The van der Waals surface area contributed by atoms with Crippen LogP contribution >= 0.6 is 0 Å². The first-order valence-corrected chi connectivity index (χ1v) is 2.69. The molecule has 0 radical (unpaired) electrons. The standard InChI is InChI=1S/C5H9NO4/c7-2-1-5(10)6(3-8)4-9/h2,8-9H,1,3-4H2. The van der Waals surface area contributed by atoms with Crippen molar-refractivity contribution in [2.75, 3.05) is 13.5 Å². The van der Waals surface area contributed by atoms with Crippen molar-refractivity contribution in [1.82, 2.24) is 4.90 Å². The summed E-state index contributed by atoms with van der Waals surface area (Å²) in [6.45, 7) is -1.13. The van der Waals surface area contributed by atoms with Gasteiger partial charge in [0.1, 0.15) is 19.7 Å². The van der Waals surface area contributed by atoms with Gasteiger partial charge in [0.15, 0.2) is 0 Å². The average Bonchev–Trinajstić information content (AvgIpc) is 1.91. The molecule has 5 nitrogen and oxygen atoms in total. The summed E-state index contributed by atoms with van der Waals surface area (Å²) < 4.78 is 0. The molecular formula is C5H9NO4. The van der Waals surface area contributed by atoms with Crippen LogP contribution in [0.4, 0.5) is 0 Å². The van der Waals surface area contributed by atoms with E-state index < -0.39 is 19.4 Å². The van der Waals surface area contributed by atoms with Crippen LogP contribution in [-0.2, 0) is 9.59 Å². The van der Waals surface area contributed by atoms with E-state index in [0.717, 1.165) is 4.90 Å². The summed E-state index contributed by atoms with van der Waals surface area (Å²) in [5.41, 5.74) is 0. The lowest BCUT2D eigenvalue weighted by Crippen LogP contribution is -2.32. The van der Waals surface area contributed by atoms with E-state index in [1.807, 2.05) is 0 Å². The first kappa shape index (κ1) is 9.06. The van der Waals surface area contributed by atoms with Gasteiger partial charge in [-0.3, -0.25) is 9.69 Å². The second kappa shape index (κ2) is 4.89. The predicted octanol–water partition coefficient (Wildman–Crippen LogP) is -1.70. The highest BCUT2D eigenvalue weighted by atomic mass is 16.3.